The first-order valence-electron chi connectivity index (χ1n) is 15.2. The maximum atomic E-state index is 11.8. The number of hydrogen-bond donors (Lipinski definition) is 2. The van der Waals surface area contributed by atoms with Gasteiger partial charge in [0.05, 0.1) is 0 Å². The van der Waals surface area contributed by atoms with Crippen molar-refractivity contribution in [1.82, 2.24) is 29.7 Å². The fourth-order valence-electron chi connectivity index (χ4n) is 6.92. The van der Waals surface area contributed by atoms with Crippen molar-refractivity contribution in [3.05, 3.63) is 17.1 Å². The number of fused-ring (bicyclic) bond motifs is 1. The van der Waals surface area contributed by atoms with Crippen LogP contribution in [0.5, 0.6) is 0 Å². The van der Waals surface area contributed by atoms with Crippen LogP contribution < -0.4 is 16.0 Å². The van der Waals surface area contributed by atoms with Crippen LogP contribution in [-0.4, -0.2) is 48.3 Å². The summed E-state index contributed by atoms with van der Waals surface area (Å²) in [6.45, 7) is 17.2. The molecule has 3 aromatic rings. The van der Waals surface area contributed by atoms with Crippen molar-refractivity contribution in [2.24, 2.45) is 23.2 Å². The molecule has 10 heteroatoms. The van der Waals surface area contributed by atoms with Crippen molar-refractivity contribution in [2.45, 2.75) is 104 Å². The average Bonchev–Trinajstić information content (AvgIpc) is 3.60. The van der Waals surface area contributed by atoms with Crippen LogP contribution in [0.1, 0.15) is 92.4 Å². The van der Waals surface area contributed by atoms with Crippen molar-refractivity contribution in [3.8, 4) is 11.6 Å². The number of aromatic nitrogens is 6. The normalized spacial score (nSPS) is 24.8. The number of aromatic amines is 1. The predicted molar refractivity (Wildman–Crippen MR) is 158 cm³/mol. The molecule has 0 amide bonds. The van der Waals surface area contributed by atoms with Gasteiger partial charge in [0, 0.05) is 24.3 Å². The van der Waals surface area contributed by atoms with Gasteiger partial charge in [-0.25, -0.2) is 14.8 Å². The molecular formula is C30H44N8O2. The summed E-state index contributed by atoms with van der Waals surface area (Å²) in [4.78, 5) is 31.9. The van der Waals surface area contributed by atoms with E-state index in [1.165, 1.54) is 32.1 Å². The van der Waals surface area contributed by atoms with Gasteiger partial charge in [-0.15, -0.1) is 0 Å². The van der Waals surface area contributed by atoms with Crippen molar-refractivity contribution in [3.63, 3.8) is 0 Å². The van der Waals surface area contributed by atoms with E-state index in [1.807, 2.05) is 0 Å². The van der Waals surface area contributed by atoms with Crippen molar-refractivity contribution < 1.29 is 4.52 Å². The maximum absolute atomic E-state index is 11.8. The van der Waals surface area contributed by atoms with Gasteiger partial charge in [0.25, 0.3) is 0 Å². The Bertz CT molecular complexity index is 1430. The van der Waals surface area contributed by atoms with Gasteiger partial charge in [0.2, 0.25) is 17.6 Å². The Morgan fingerprint density at radius 1 is 1.07 bits per heavy atom. The predicted octanol–water partition coefficient (Wildman–Crippen LogP) is 6.08. The minimum atomic E-state index is -0.632. The maximum Gasteiger partial charge on any atom is 0.439 e. The van der Waals surface area contributed by atoms with Gasteiger partial charge in [-0.3, -0.25) is 14.1 Å². The fraction of sp³-hybridized carbons (Fsp3) is 0.700. The molecule has 1 saturated heterocycles. The number of anilines is 2. The van der Waals surface area contributed by atoms with Crippen LogP contribution in [-0.2, 0) is 0 Å². The highest BCUT2D eigenvalue weighted by Crippen LogP contribution is 2.43. The van der Waals surface area contributed by atoms with Gasteiger partial charge in [-0.1, -0.05) is 58.7 Å². The fourth-order valence-corrected chi connectivity index (χ4v) is 6.92. The van der Waals surface area contributed by atoms with E-state index in [0.717, 1.165) is 55.3 Å². The van der Waals surface area contributed by atoms with Gasteiger partial charge in [-0.05, 0) is 68.6 Å². The molecule has 0 radical (unpaired) electrons. The molecule has 10 nitrogen and oxygen atoms in total. The molecule has 2 aliphatic carbocycles. The van der Waals surface area contributed by atoms with Gasteiger partial charge >= 0.3 is 5.76 Å². The highest BCUT2D eigenvalue weighted by Gasteiger charge is 2.39. The Kier molecular flexibility index (Phi) is 6.99. The first kappa shape index (κ1) is 27.0. The lowest BCUT2D eigenvalue weighted by Crippen LogP contribution is -2.41. The van der Waals surface area contributed by atoms with Crippen LogP contribution in [0, 0.1) is 23.2 Å². The summed E-state index contributed by atoms with van der Waals surface area (Å²) in [5.41, 5.74) is 2.61. The smallest absolute Gasteiger partial charge is 0.365 e. The van der Waals surface area contributed by atoms with Crippen LogP contribution in [0.4, 0.5) is 11.8 Å². The molecule has 40 heavy (non-hydrogen) atoms. The first-order valence-corrected chi connectivity index (χ1v) is 15.2. The summed E-state index contributed by atoms with van der Waals surface area (Å²) in [5, 5.41) is 7.62. The average molecular weight is 549 g/mol. The molecule has 216 valence electrons. The highest BCUT2D eigenvalue weighted by atomic mass is 16.5. The Morgan fingerprint density at radius 2 is 1.82 bits per heavy atom. The number of imidazole rings is 1. The Labute approximate surface area is 236 Å². The zero-order valence-corrected chi connectivity index (χ0v) is 24.7. The number of allylic oxidation sites excluding steroid dienone is 1. The standard InChI is InChI=1S/C30H44N8O2/c1-17-12-14-21(15-13-17)19(3)38-23-24(31-18(2)20-9-7-10-20)32-26(27-35-29(39)40-36-27)33-25(23)34-28(38)37-16-8-11-22(37)30(4,5)6/h17-18,20-22H,3,7-16H2,1-2,4-6H3,(H,31,32,33)(H,35,36,39)/t17-,18-,21-,22?/m1/s1. The molecule has 3 aromatic heterocycles. The SMILES string of the molecule is C=C([C@H]1CC[C@H](C)CC1)n1c(N2CCCC2C(C)(C)C)nc2nc(-c3noc(=O)[nH]3)nc(N[C@H](C)C3CCC3)c21. The second kappa shape index (κ2) is 10.3. The molecule has 0 aromatic carbocycles. The highest BCUT2D eigenvalue weighted by molar-refractivity contribution is 5.91. The number of rotatable bonds is 7. The minimum Gasteiger partial charge on any atom is -0.365 e. The van der Waals surface area contributed by atoms with Crippen LogP contribution in [0.3, 0.4) is 0 Å². The number of hydrogen-bond acceptors (Lipinski definition) is 8. The van der Waals surface area contributed by atoms with E-state index in [0.29, 0.717) is 35.2 Å². The monoisotopic (exact) mass is 548 g/mol. The molecule has 6 rings (SSSR count). The zero-order chi connectivity index (χ0) is 28.2. The molecule has 1 aliphatic heterocycles. The molecule has 4 heterocycles. The third kappa shape index (κ3) is 4.94. The van der Waals surface area contributed by atoms with Gasteiger partial charge in [-0.2, -0.15) is 4.98 Å². The summed E-state index contributed by atoms with van der Waals surface area (Å²) in [7, 11) is 0. The summed E-state index contributed by atoms with van der Waals surface area (Å²) >= 11 is 0. The van der Waals surface area contributed by atoms with Crippen LogP contribution in [0.15, 0.2) is 15.9 Å². The van der Waals surface area contributed by atoms with E-state index in [2.05, 4.69) is 59.5 Å². The molecular weight excluding hydrogens is 504 g/mol. The summed E-state index contributed by atoms with van der Waals surface area (Å²) in [5.74, 6) is 3.21. The Balaban J connectivity index is 1.54. The molecule has 3 fully saturated rings. The Morgan fingerprint density at radius 3 is 2.45 bits per heavy atom. The summed E-state index contributed by atoms with van der Waals surface area (Å²) in [6.07, 6.45) is 10.6. The lowest BCUT2D eigenvalue weighted by atomic mass is 9.80. The third-order valence-electron chi connectivity index (χ3n) is 9.65. The van der Waals surface area contributed by atoms with Crippen molar-refractivity contribution in [2.75, 3.05) is 16.8 Å². The number of nitrogens with one attached hydrogen (secondary N) is 2. The third-order valence-corrected chi connectivity index (χ3v) is 9.65. The molecule has 0 spiro atoms. The van der Waals surface area contributed by atoms with Crippen LogP contribution in [0.25, 0.3) is 28.5 Å². The zero-order valence-electron chi connectivity index (χ0n) is 24.7. The first-order chi connectivity index (χ1) is 19.1. The molecule has 1 unspecified atom stereocenters. The van der Waals surface area contributed by atoms with E-state index in [-0.39, 0.29) is 17.3 Å². The molecule has 0 bridgehead atoms. The van der Waals surface area contributed by atoms with E-state index in [4.69, 9.17) is 26.1 Å². The molecule has 2 saturated carbocycles. The second-order valence-electron chi connectivity index (χ2n) is 13.5. The van der Waals surface area contributed by atoms with Crippen LogP contribution in [0.2, 0.25) is 0 Å². The van der Waals surface area contributed by atoms with Gasteiger partial charge in [0.1, 0.15) is 5.52 Å². The van der Waals surface area contributed by atoms with E-state index in [1.54, 1.807) is 0 Å². The largest absolute Gasteiger partial charge is 0.439 e. The molecule has 2 atom stereocenters. The summed E-state index contributed by atoms with van der Waals surface area (Å²) in [6, 6.07) is 0.590. The van der Waals surface area contributed by atoms with Crippen LogP contribution >= 0.6 is 0 Å². The van der Waals surface area contributed by atoms with E-state index in [9.17, 15) is 4.79 Å². The quantitative estimate of drug-likeness (QED) is 0.365. The molecule has 2 N–H and O–H groups in total. The van der Waals surface area contributed by atoms with Crippen molar-refractivity contribution in [1.29, 1.82) is 0 Å². The van der Waals surface area contributed by atoms with E-state index < -0.39 is 5.76 Å². The lowest BCUT2D eigenvalue weighted by molar-refractivity contribution is 0.285. The van der Waals surface area contributed by atoms with E-state index >= 15 is 0 Å². The minimum absolute atomic E-state index is 0.0952. The summed E-state index contributed by atoms with van der Waals surface area (Å²) < 4.78 is 7.06. The Hall–Kier alpha value is -3.17. The topological polar surface area (TPSA) is 118 Å². The van der Waals surface area contributed by atoms with Gasteiger partial charge in [0.15, 0.2) is 11.5 Å². The number of nitrogens with zero attached hydrogens (tertiary/aromatic N) is 6. The van der Waals surface area contributed by atoms with Crippen molar-refractivity contribution >= 4 is 28.6 Å². The molecule has 3 aliphatic rings. The number of H-pyrrole nitrogens is 1. The lowest BCUT2D eigenvalue weighted by Gasteiger charge is -2.37. The second-order valence-corrected chi connectivity index (χ2v) is 13.5. The van der Waals surface area contributed by atoms with Gasteiger partial charge < -0.3 is 10.2 Å².